The first-order chi connectivity index (χ1) is 15.1. The Morgan fingerprint density at radius 2 is 1.53 bits per heavy atom. The Hall–Kier alpha value is -1.72. The molecule has 0 spiro atoms. The summed E-state index contributed by atoms with van der Waals surface area (Å²) in [6.07, 6.45) is -0.368. The van der Waals surface area contributed by atoms with E-state index in [2.05, 4.69) is 88.9 Å². The van der Waals surface area contributed by atoms with Gasteiger partial charge in [0.15, 0.2) is 6.29 Å². The first kappa shape index (κ1) is 23.4. The smallest absolute Gasteiger partial charge is 0.184 e. The van der Waals surface area contributed by atoms with E-state index >= 15 is 0 Å². The molecule has 0 amide bonds. The Balaban J connectivity index is 1.56. The van der Waals surface area contributed by atoms with Crippen molar-refractivity contribution in [3.63, 3.8) is 0 Å². The summed E-state index contributed by atoms with van der Waals surface area (Å²) in [4.78, 5) is 2.47. The minimum absolute atomic E-state index is 0.0518. The van der Waals surface area contributed by atoms with Crippen LogP contribution in [-0.4, -0.2) is 37.8 Å². The van der Waals surface area contributed by atoms with E-state index in [-0.39, 0.29) is 23.2 Å². The van der Waals surface area contributed by atoms with Gasteiger partial charge in [-0.2, -0.15) is 0 Å². The fourth-order valence-electron chi connectivity index (χ4n) is 4.35. The predicted octanol–water partition coefficient (Wildman–Crippen LogP) is 5.90. The van der Waals surface area contributed by atoms with Crippen molar-refractivity contribution in [2.45, 2.75) is 71.3 Å². The molecule has 4 rings (SSSR count). The quantitative estimate of drug-likeness (QED) is 0.596. The van der Waals surface area contributed by atoms with Gasteiger partial charge in [-0.05, 0) is 33.1 Å². The third-order valence-corrected chi connectivity index (χ3v) is 6.47. The van der Waals surface area contributed by atoms with Crippen molar-refractivity contribution < 1.29 is 14.2 Å². The van der Waals surface area contributed by atoms with E-state index in [1.165, 1.54) is 22.3 Å². The zero-order valence-electron chi connectivity index (χ0n) is 20.6. The van der Waals surface area contributed by atoms with Crippen LogP contribution in [0.1, 0.15) is 81.8 Å². The summed E-state index contributed by atoms with van der Waals surface area (Å²) in [7, 11) is 0. The van der Waals surface area contributed by atoms with Crippen LogP contribution >= 0.6 is 0 Å². The van der Waals surface area contributed by atoms with E-state index in [1.807, 2.05) is 0 Å². The van der Waals surface area contributed by atoms with Crippen LogP contribution in [0.2, 0.25) is 0 Å². The molecule has 0 radical (unpaired) electrons. The minimum atomic E-state index is -0.316. The van der Waals surface area contributed by atoms with Gasteiger partial charge in [-0.25, -0.2) is 0 Å². The van der Waals surface area contributed by atoms with Gasteiger partial charge in [-0.3, -0.25) is 4.90 Å². The summed E-state index contributed by atoms with van der Waals surface area (Å²) in [6, 6.07) is 15.6. The summed E-state index contributed by atoms with van der Waals surface area (Å²) in [5.74, 6) is 0. The summed E-state index contributed by atoms with van der Waals surface area (Å²) in [6.45, 7) is 18.7. The van der Waals surface area contributed by atoms with Gasteiger partial charge in [0.05, 0.1) is 19.8 Å². The van der Waals surface area contributed by atoms with Crippen LogP contribution in [-0.2, 0) is 31.6 Å². The molecule has 2 atom stereocenters. The standard InChI is InChI=1S/C28H39NO3/c1-27(2,3)23-9-7-8-21(16-23)26-31-19-25(32-26)22-14-20(15-24(17-22)28(4,5)6)18-29-10-12-30-13-11-29/h7-9,14-17,25-26H,10-13,18-19H2,1-6H3. The monoisotopic (exact) mass is 437 g/mol. The molecule has 0 aliphatic carbocycles. The average molecular weight is 438 g/mol. The van der Waals surface area contributed by atoms with E-state index < -0.39 is 0 Å². The Bertz CT molecular complexity index is 919. The van der Waals surface area contributed by atoms with Gasteiger partial charge in [0.2, 0.25) is 0 Å². The van der Waals surface area contributed by atoms with Crippen LogP contribution in [0.3, 0.4) is 0 Å². The second kappa shape index (κ2) is 9.26. The molecule has 0 N–H and O–H groups in total. The maximum Gasteiger partial charge on any atom is 0.184 e. The van der Waals surface area contributed by atoms with Crippen molar-refractivity contribution in [2.24, 2.45) is 0 Å². The Kier molecular flexibility index (Phi) is 6.78. The summed E-state index contributed by atoms with van der Waals surface area (Å²) < 4.78 is 18.1. The number of nitrogens with zero attached hydrogens (tertiary/aromatic N) is 1. The third kappa shape index (κ3) is 5.60. The van der Waals surface area contributed by atoms with Crippen molar-refractivity contribution in [1.82, 2.24) is 4.90 Å². The summed E-state index contributed by atoms with van der Waals surface area (Å²) in [5.41, 5.74) is 6.49. The SMILES string of the molecule is CC(C)(C)c1cc(CN2CCOCC2)cc(C2COC(c3cccc(C(C)(C)C)c3)O2)c1. The molecule has 2 aliphatic rings. The lowest BCUT2D eigenvalue weighted by Gasteiger charge is -2.28. The molecule has 0 bridgehead atoms. The predicted molar refractivity (Wildman–Crippen MR) is 129 cm³/mol. The van der Waals surface area contributed by atoms with Crippen LogP contribution in [0.25, 0.3) is 0 Å². The maximum atomic E-state index is 6.46. The first-order valence-electron chi connectivity index (χ1n) is 11.9. The molecule has 174 valence electrons. The molecule has 2 fully saturated rings. The largest absolute Gasteiger partial charge is 0.379 e. The highest BCUT2D eigenvalue weighted by Crippen LogP contribution is 2.38. The number of hydrogen-bond acceptors (Lipinski definition) is 4. The fraction of sp³-hybridized carbons (Fsp3) is 0.571. The molecule has 2 saturated heterocycles. The summed E-state index contributed by atoms with van der Waals surface area (Å²) in [5, 5.41) is 0. The Labute approximate surface area is 193 Å². The van der Waals surface area contributed by atoms with Gasteiger partial charge < -0.3 is 14.2 Å². The van der Waals surface area contributed by atoms with E-state index in [0.717, 1.165) is 38.4 Å². The lowest BCUT2D eigenvalue weighted by atomic mass is 9.84. The zero-order valence-corrected chi connectivity index (χ0v) is 20.6. The molecule has 0 aromatic heterocycles. The minimum Gasteiger partial charge on any atom is -0.379 e. The highest BCUT2D eigenvalue weighted by Gasteiger charge is 2.30. The normalized spacial score (nSPS) is 22.9. The van der Waals surface area contributed by atoms with Crippen molar-refractivity contribution in [3.05, 3.63) is 70.3 Å². The van der Waals surface area contributed by atoms with Gasteiger partial charge in [0.25, 0.3) is 0 Å². The average Bonchev–Trinajstić information content (AvgIpc) is 3.24. The lowest BCUT2D eigenvalue weighted by Crippen LogP contribution is -2.35. The molecule has 32 heavy (non-hydrogen) atoms. The number of benzene rings is 2. The van der Waals surface area contributed by atoms with Gasteiger partial charge in [0, 0.05) is 25.2 Å². The molecule has 2 aromatic rings. The second-order valence-electron chi connectivity index (χ2n) is 11.3. The Morgan fingerprint density at radius 3 is 2.22 bits per heavy atom. The van der Waals surface area contributed by atoms with E-state index in [4.69, 9.17) is 14.2 Å². The van der Waals surface area contributed by atoms with Gasteiger partial charge in [0.1, 0.15) is 6.10 Å². The number of morpholine rings is 1. The topological polar surface area (TPSA) is 30.9 Å². The number of ether oxygens (including phenoxy) is 3. The number of hydrogen-bond donors (Lipinski definition) is 0. The van der Waals surface area contributed by atoms with Crippen LogP contribution in [0.5, 0.6) is 0 Å². The van der Waals surface area contributed by atoms with E-state index in [0.29, 0.717) is 6.61 Å². The van der Waals surface area contributed by atoms with Crippen LogP contribution < -0.4 is 0 Å². The molecule has 0 saturated carbocycles. The highest BCUT2D eigenvalue weighted by molar-refractivity contribution is 5.36. The van der Waals surface area contributed by atoms with Gasteiger partial charge >= 0.3 is 0 Å². The highest BCUT2D eigenvalue weighted by atomic mass is 16.7. The molecular weight excluding hydrogens is 398 g/mol. The van der Waals surface area contributed by atoms with Crippen molar-refractivity contribution in [3.8, 4) is 0 Å². The fourth-order valence-corrected chi connectivity index (χ4v) is 4.35. The van der Waals surface area contributed by atoms with Crippen molar-refractivity contribution in [1.29, 1.82) is 0 Å². The van der Waals surface area contributed by atoms with Crippen LogP contribution in [0, 0.1) is 0 Å². The second-order valence-corrected chi connectivity index (χ2v) is 11.3. The lowest BCUT2D eigenvalue weighted by molar-refractivity contribution is -0.0608. The van der Waals surface area contributed by atoms with E-state index in [1.54, 1.807) is 0 Å². The van der Waals surface area contributed by atoms with Crippen LogP contribution in [0.15, 0.2) is 42.5 Å². The molecule has 2 aliphatic heterocycles. The molecule has 2 heterocycles. The van der Waals surface area contributed by atoms with Gasteiger partial charge in [-0.1, -0.05) is 84.0 Å². The van der Waals surface area contributed by atoms with Crippen molar-refractivity contribution in [2.75, 3.05) is 32.9 Å². The molecule has 4 heteroatoms. The molecule has 2 aromatic carbocycles. The van der Waals surface area contributed by atoms with Crippen molar-refractivity contribution >= 4 is 0 Å². The zero-order chi connectivity index (χ0) is 22.9. The Morgan fingerprint density at radius 1 is 0.844 bits per heavy atom. The summed E-state index contributed by atoms with van der Waals surface area (Å²) >= 11 is 0. The molecular formula is C28H39NO3. The third-order valence-electron chi connectivity index (χ3n) is 6.47. The first-order valence-corrected chi connectivity index (χ1v) is 11.9. The number of rotatable bonds is 4. The van der Waals surface area contributed by atoms with E-state index in [9.17, 15) is 0 Å². The molecule has 4 nitrogen and oxygen atoms in total. The van der Waals surface area contributed by atoms with Crippen LogP contribution in [0.4, 0.5) is 0 Å². The maximum absolute atomic E-state index is 6.46. The van der Waals surface area contributed by atoms with Gasteiger partial charge in [-0.15, -0.1) is 0 Å². The molecule has 2 unspecified atom stereocenters.